The van der Waals surface area contributed by atoms with Crippen molar-refractivity contribution in [2.24, 2.45) is 0 Å². The van der Waals surface area contributed by atoms with Crippen LogP contribution >= 0.6 is 23.1 Å². The summed E-state index contributed by atoms with van der Waals surface area (Å²) in [5.74, 6) is 0.674. The first-order valence-electron chi connectivity index (χ1n) is 9.08. The first-order chi connectivity index (χ1) is 12.9. The van der Waals surface area contributed by atoms with E-state index in [-0.39, 0.29) is 29.5 Å². The van der Waals surface area contributed by atoms with Gasteiger partial charge in [-0.15, -0.1) is 11.3 Å². The summed E-state index contributed by atoms with van der Waals surface area (Å²) in [5.41, 5.74) is 3.21. The Balaban J connectivity index is 1.39. The van der Waals surface area contributed by atoms with Gasteiger partial charge in [0.2, 0.25) is 5.91 Å². The number of aryl methyl sites for hydroxylation is 1. The van der Waals surface area contributed by atoms with Crippen LogP contribution < -0.4 is 0 Å². The number of carbonyl (C=O) groups is 1. The molecule has 2 heterocycles. The summed E-state index contributed by atoms with van der Waals surface area (Å²) in [4.78, 5) is 19.3. The Morgan fingerprint density at radius 2 is 1.96 bits per heavy atom. The second-order valence-corrected chi connectivity index (χ2v) is 11.6. The summed E-state index contributed by atoms with van der Waals surface area (Å²) in [6.07, 6.45) is 2.55. The van der Waals surface area contributed by atoms with Crippen molar-refractivity contribution in [1.29, 1.82) is 0 Å². The number of thioether (sulfide) groups is 1. The molecular weight excluding hydrogens is 400 g/mol. The Morgan fingerprint density at radius 1 is 1.22 bits per heavy atom. The predicted octanol–water partition coefficient (Wildman–Crippen LogP) is 3.39. The molecule has 144 valence electrons. The number of aromatic nitrogens is 1. The molecule has 1 aromatic heterocycles. The fraction of sp³-hybridized carbons (Fsp3) is 0.474. The quantitative estimate of drug-likeness (QED) is 0.668. The zero-order valence-electron chi connectivity index (χ0n) is 15.1. The number of benzene rings is 1. The second-order valence-electron chi connectivity index (χ2n) is 7.24. The van der Waals surface area contributed by atoms with Crippen molar-refractivity contribution >= 4 is 38.8 Å². The molecule has 0 radical (unpaired) electrons. The maximum absolute atomic E-state index is 12.8. The van der Waals surface area contributed by atoms with Crippen molar-refractivity contribution in [3.05, 3.63) is 35.2 Å². The molecule has 2 aromatic rings. The van der Waals surface area contributed by atoms with Crippen LogP contribution in [0.5, 0.6) is 0 Å². The van der Waals surface area contributed by atoms with Crippen molar-refractivity contribution in [2.75, 3.05) is 17.3 Å². The van der Waals surface area contributed by atoms with Gasteiger partial charge in [-0.25, -0.2) is 13.4 Å². The molecule has 1 aliphatic heterocycles. The number of thiazole rings is 1. The summed E-state index contributed by atoms with van der Waals surface area (Å²) in [5, 5.41) is 2.01. The summed E-state index contributed by atoms with van der Waals surface area (Å²) in [7, 11) is -2.99. The number of carbonyl (C=O) groups excluding carboxylic acids is 1. The van der Waals surface area contributed by atoms with Gasteiger partial charge in [0.1, 0.15) is 0 Å². The van der Waals surface area contributed by atoms with Gasteiger partial charge < -0.3 is 4.90 Å². The van der Waals surface area contributed by atoms with Crippen LogP contribution in [0.25, 0.3) is 11.3 Å². The molecule has 2 aliphatic rings. The molecule has 0 bridgehead atoms. The zero-order chi connectivity index (χ0) is 19.0. The molecule has 0 N–H and O–H groups in total. The highest BCUT2D eigenvalue weighted by Crippen LogP contribution is 2.34. The van der Waals surface area contributed by atoms with Crippen LogP contribution in [0, 0.1) is 6.92 Å². The van der Waals surface area contributed by atoms with Crippen LogP contribution in [0.3, 0.4) is 0 Å². The molecule has 2 fully saturated rings. The highest BCUT2D eigenvalue weighted by atomic mass is 32.2. The lowest BCUT2D eigenvalue weighted by Gasteiger charge is -2.28. The van der Waals surface area contributed by atoms with Gasteiger partial charge in [0, 0.05) is 23.0 Å². The Bertz CT molecular complexity index is 933. The van der Waals surface area contributed by atoms with E-state index < -0.39 is 9.84 Å². The molecule has 4 rings (SSSR count). The fourth-order valence-electron chi connectivity index (χ4n) is 3.43. The number of nitrogens with zero attached hydrogens (tertiary/aromatic N) is 2. The molecule has 1 saturated heterocycles. The molecule has 1 aliphatic carbocycles. The fourth-order valence-corrected chi connectivity index (χ4v) is 6.85. The average Bonchev–Trinajstić information content (AvgIpc) is 3.22. The summed E-state index contributed by atoms with van der Waals surface area (Å²) >= 11 is 2.99. The minimum Gasteiger partial charge on any atom is -0.335 e. The third kappa shape index (κ3) is 4.55. The van der Waals surface area contributed by atoms with E-state index in [2.05, 4.69) is 36.2 Å². The largest absolute Gasteiger partial charge is 0.335 e. The lowest BCUT2D eigenvalue weighted by molar-refractivity contribution is -0.130. The minimum absolute atomic E-state index is 0.0386. The van der Waals surface area contributed by atoms with E-state index in [1.807, 2.05) is 10.3 Å². The highest BCUT2D eigenvalue weighted by Gasteiger charge is 2.41. The molecule has 1 aromatic carbocycles. The van der Waals surface area contributed by atoms with Gasteiger partial charge in [0.15, 0.2) is 14.2 Å². The summed E-state index contributed by atoms with van der Waals surface area (Å²) in [6, 6.07) is 8.33. The van der Waals surface area contributed by atoms with Crippen LogP contribution in [0.15, 0.2) is 34.0 Å². The first-order valence-corrected chi connectivity index (χ1v) is 12.8. The molecular formula is C19H22N2O3S3. The third-order valence-corrected chi connectivity index (χ3v) is 8.74. The molecule has 1 atom stereocenters. The van der Waals surface area contributed by atoms with Gasteiger partial charge in [-0.05, 0) is 26.2 Å². The smallest absolute Gasteiger partial charge is 0.233 e. The van der Waals surface area contributed by atoms with Crippen molar-refractivity contribution < 1.29 is 13.2 Å². The van der Waals surface area contributed by atoms with Crippen LogP contribution in [0.4, 0.5) is 0 Å². The average molecular weight is 423 g/mol. The lowest BCUT2D eigenvalue weighted by Crippen LogP contribution is -2.43. The lowest BCUT2D eigenvalue weighted by atomic mass is 10.1. The number of hydrogen-bond acceptors (Lipinski definition) is 6. The van der Waals surface area contributed by atoms with E-state index in [1.54, 1.807) is 11.3 Å². The van der Waals surface area contributed by atoms with Crippen LogP contribution in [0.1, 0.15) is 24.8 Å². The van der Waals surface area contributed by atoms with Crippen molar-refractivity contribution in [1.82, 2.24) is 9.88 Å². The highest BCUT2D eigenvalue weighted by molar-refractivity contribution is 8.01. The summed E-state index contributed by atoms with van der Waals surface area (Å²) in [6.45, 7) is 2.05. The molecule has 1 unspecified atom stereocenters. The van der Waals surface area contributed by atoms with E-state index >= 15 is 0 Å². The van der Waals surface area contributed by atoms with Crippen molar-refractivity contribution in [3.8, 4) is 11.3 Å². The monoisotopic (exact) mass is 422 g/mol. The Labute approximate surface area is 168 Å². The van der Waals surface area contributed by atoms with Crippen LogP contribution in [-0.4, -0.2) is 53.6 Å². The van der Waals surface area contributed by atoms with E-state index in [9.17, 15) is 13.2 Å². The normalized spacial score (nSPS) is 21.3. The zero-order valence-corrected chi connectivity index (χ0v) is 17.6. The Kier molecular flexibility index (Phi) is 5.31. The van der Waals surface area contributed by atoms with Crippen molar-refractivity contribution in [3.63, 3.8) is 0 Å². The maximum Gasteiger partial charge on any atom is 0.233 e. The Morgan fingerprint density at radius 3 is 2.59 bits per heavy atom. The van der Waals surface area contributed by atoms with Gasteiger partial charge in [0.25, 0.3) is 0 Å². The first kappa shape index (κ1) is 19.0. The summed E-state index contributed by atoms with van der Waals surface area (Å²) < 4.78 is 24.5. The molecule has 1 amide bonds. The van der Waals surface area contributed by atoms with Gasteiger partial charge in [-0.3, -0.25) is 4.79 Å². The second kappa shape index (κ2) is 7.56. The van der Waals surface area contributed by atoms with Gasteiger partial charge in [-0.1, -0.05) is 41.6 Å². The maximum atomic E-state index is 12.8. The topological polar surface area (TPSA) is 67.3 Å². The molecule has 1 saturated carbocycles. The van der Waals surface area contributed by atoms with Gasteiger partial charge in [-0.2, -0.15) is 0 Å². The molecule has 8 heteroatoms. The van der Waals surface area contributed by atoms with Crippen molar-refractivity contribution in [2.45, 2.75) is 42.6 Å². The number of sulfone groups is 1. The predicted molar refractivity (Wildman–Crippen MR) is 110 cm³/mol. The minimum atomic E-state index is -2.99. The number of hydrogen-bond donors (Lipinski definition) is 0. The SMILES string of the molecule is Cc1ccc(-c2csc(SCC(=O)N(C3CC3)C3CCS(=O)(=O)C3)n2)cc1. The van der Waals surface area contributed by atoms with E-state index in [0.29, 0.717) is 12.2 Å². The van der Waals surface area contributed by atoms with Gasteiger partial charge in [0.05, 0.1) is 23.0 Å². The number of amides is 1. The number of rotatable bonds is 6. The van der Waals surface area contributed by atoms with E-state index in [4.69, 9.17) is 0 Å². The molecule has 0 spiro atoms. The molecule has 5 nitrogen and oxygen atoms in total. The van der Waals surface area contributed by atoms with Crippen LogP contribution in [0.2, 0.25) is 0 Å². The van der Waals surface area contributed by atoms with E-state index in [0.717, 1.165) is 28.4 Å². The van der Waals surface area contributed by atoms with Crippen LogP contribution in [-0.2, 0) is 14.6 Å². The third-order valence-electron chi connectivity index (χ3n) is 4.98. The Hall–Kier alpha value is -1.38. The van der Waals surface area contributed by atoms with Gasteiger partial charge >= 0.3 is 0 Å². The standard InChI is InChI=1S/C19H22N2O3S3/c1-13-2-4-14(5-3-13)17-10-25-19(20-17)26-11-18(22)21(15-6-7-15)16-8-9-27(23,24)12-16/h2-5,10,15-16H,6-9,11-12H2,1H3. The molecule has 27 heavy (non-hydrogen) atoms. The van der Waals surface area contributed by atoms with E-state index in [1.165, 1.54) is 17.3 Å².